The minimum atomic E-state index is -0.615. The Morgan fingerprint density at radius 1 is 1.17 bits per heavy atom. The summed E-state index contributed by atoms with van der Waals surface area (Å²) in [6.07, 6.45) is 3.57. The Labute approximate surface area is 212 Å². The molecule has 6 nitrogen and oxygen atoms in total. The smallest absolute Gasteiger partial charge is 0.338 e. The molecule has 0 saturated heterocycles. The average Bonchev–Trinajstić information content (AvgIpc) is 3.13. The number of esters is 1. The molecule has 1 aromatic heterocycles. The van der Waals surface area contributed by atoms with E-state index < -0.39 is 12.0 Å². The zero-order valence-electron chi connectivity index (χ0n) is 20.4. The van der Waals surface area contributed by atoms with Crippen LogP contribution >= 0.6 is 23.1 Å². The summed E-state index contributed by atoms with van der Waals surface area (Å²) < 4.78 is 13.2. The number of carbonyl (C=O) groups is 1. The number of hydrogen-bond acceptors (Lipinski definition) is 7. The number of allylic oxidation sites excluding steroid dienone is 1. The van der Waals surface area contributed by atoms with Crippen LogP contribution in [0.1, 0.15) is 44.9 Å². The SMILES string of the molecule is CCOc1ccc(/C=c2\sc3n(c2=O)[C@@H](c2ccc(SC)cc2)C(C(=O)OC(C)C)=C(C)N=3)cc1. The second-order valence-corrected chi connectivity index (χ2v) is 10.2. The number of thiazole rings is 1. The second-order valence-electron chi connectivity index (χ2n) is 8.31. The van der Waals surface area contributed by atoms with Crippen LogP contribution in [-0.2, 0) is 9.53 Å². The normalized spacial score (nSPS) is 15.7. The fourth-order valence-corrected chi connectivity index (χ4v) is 5.40. The summed E-state index contributed by atoms with van der Waals surface area (Å²) in [4.78, 5) is 33.1. The van der Waals surface area contributed by atoms with Crippen molar-refractivity contribution >= 4 is 35.1 Å². The molecule has 0 fully saturated rings. The van der Waals surface area contributed by atoms with Crippen molar-refractivity contribution in [2.24, 2.45) is 4.99 Å². The third-order valence-corrected chi connectivity index (χ3v) is 7.23. The maximum absolute atomic E-state index is 13.7. The highest BCUT2D eigenvalue weighted by Crippen LogP contribution is 2.32. The number of rotatable bonds is 7. The van der Waals surface area contributed by atoms with Gasteiger partial charge < -0.3 is 9.47 Å². The molecule has 2 aromatic carbocycles. The largest absolute Gasteiger partial charge is 0.494 e. The molecule has 1 atom stereocenters. The highest BCUT2D eigenvalue weighted by atomic mass is 32.2. The number of nitrogens with zero attached hydrogens (tertiary/aromatic N) is 2. The number of aromatic nitrogens is 1. The molecular formula is C27H28N2O4S2. The quantitative estimate of drug-likeness (QED) is 0.351. The standard InChI is InChI=1S/C27H28N2O4S2/c1-6-32-20-11-7-18(8-12-20)15-22-25(30)29-24(19-9-13-21(34-5)14-10-19)23(26(31)33-16(2)3)17(4)28-27(29)35-22/h7-16,24H,6H2,1-5H3/b22-15-/t24-/m0/s1. The van der Waals surface area contributed by atoms with Crippen molar-refractivity contribution in [3.05, 3.63) is 90.6 Å². The molecule has 4 rings (SSSR count). The Bertz CT molecular complexity index is 1430. The van der Waals surface area contributed by atoms with Crippen molar-refractivity contribution in [2.75, 3.05) is 12.9 Å². The third kappa shape index (κ3) is 5.28. The summed E-state index contributed by atoms with van der Waals surface area (Å²) >= 11 is 2.95. The zero-order valence-corrected chi connectivity index (χ0v) is 22.0. The van der Waals surface area contributed by atoms with Crippen LogP contribution in [0.2, 0.25) is 0 Å². The Morgan fingerprint density at radius 3 is 2.46 bits per heavy atom. The van der Waals surface area contributed by atoms with E-state index in [1.807, 2.05) is 81.6 Å². The maximum Gasteiger partial charge on any atom is 0.338 e. The molecule has 1 aliphatic rings. The molecule has 0 aliphatic carbocycles. The van der Waals surface area contributed by atoms with E-state index in [0.717, 1.165) is 21.8 Å². The molecule has 0 unspecified atom stereocenters. The summed E-state index contributed by atoms with van der Waals surface area (Å²) in [5, 5.41) is 0. The first-order valence-electron chi connectivity index (χ1n) is 11.4. The Kier molecular flexibility index (Phi) is 7.62. The lowest BCUT2D eigenvalue weighted by atomic mass is 9.96. The van der Waals surface area contributed by atoms with Gasteiger partial charge >= 0.3 is 5.97 Å². The van der Waals surface area contributed by atoms with Crippen molar-refractivity contribution < 1.29 is 14.3 Å². The van der Waals surface area contributed by atoms with Gasteiger partial charge in [-0.05, 0) is 75.4 Å². The minimum Gasteiger partial charge on any atom is -0.494 e. The van der Waals surface area contributed by atoms with Gasteiger partial charge in [-0.3, -0.25) is 9.36 Å². The molecule has 0 saturated carbocycles. The zero-order chi connectivity index (χ0) is 25.1. The lowest BCUT2D eigenvalue weighted by molar-refractivity contribution is -0.143. The van der Waals surface area contributed by atoms with Gasteiger partial charge in [0.1, 0.15) is 5.75 Å². The lowest BCUT2D eigenvalue weighted by Crippen LogP contribution is -2.40. The Morgan fingerprint density at radius 2 is 1.86 bits per heavy atom. The van der Waals surface area contributed by atoms with Gasteiger partial charge in [0.2, 0.25) is 0 Å². The van der Waals surface area contributed by atoms with E-state index in [9.17, 15) is 9.59 Å². The molecule has 0 amide bonds. The van der Waals surface area contributed by atoms with E-state index in [4.69, 9.17) is 9.47 Å². The number of benzene rings is 2. The summed E-state index contributed by atoms with van der Waals surface area (Å²) in [5.74, 6) is 0.324. The van der Waals surface area contributed by atoms with Gasteiger partial charge in [0.25, 0.3) is 5.56 Å². The van der Waals surface area contributed by atoms with E-state index in [0.29, 0.717) is 27.2 Å². The average molecular weight is 509 g/mol. The van der Waals surface area contributed by atoms with Gasteiger partial charge in [-0.1, -0.05) is 35.6 Å². The molecule has 0 N–H and O–H groups in total. The van der Waals surface area contributed by atoms with Crippen LogP contribution in [0.4, 0.5) is 0 Å². The molecule has 35 heavy (non-hydrogen) atoms. The van der Waals surface area contributed by atoms with Crippen molar-refractivity contribution in [1.29, 1.82) is 0 Å². The fraction of sp³-hybridized carbons (Fsp3) is 0.296. The molecule has 0 radical (unpaired) electrons. The highest BCUT2D eigenvalue weighted by Gasteiger charge is 2.33. The summed E-state index contributed by atoms with van der Waals surface area (Å²) in [7, 11) is 0. The summed E-state index contributed by atoms with van der Waals surface area (Å²) in [6, 6.07) is 14.9. The monoisotopic (exact) mass is 508 g/mol. The van der Waals surface area contributed by atoms with Crippen molar-refractivity contribution in [3.63, 3.8) is 0 Å². The molecule has 182 valence electrons. The van der Waals surface area contributed by atoms with Gasteiger partial charge in [0.15, 0.2) is 4.80 Å². The predicted octanol–water partition coefficient (Wildman–Crippen LogP) is 4.31. The number of carbonyl (C=O) groups excluding carboxylic acids is 1. The van der Waals surface area contributed by atoms with Crippen molar-refractivity contribution in [1.82, 2.24) is 4.57 Å². The van der Waals surface area contributed by atoms with E-state index in [-0.39, 0.29) is 11.7 Å². The van der Waals surface area contributed by atoms with E-state index in [2.05, 4.69) is 4.99 Å². The second kappa shape index (κ2) is 10.7. The highest BCUT2D eigenvalue weighted by molar-refractivity contribution is 7.98. The van der Waals surface area contributed by atoms with E-state index >= 15 is 0 Å². The minimum absolute atomic E-state index is 0.191. The maximum atomic E-state index is 13.7. The molecule has 1 aliphatic heterocycles. The predicted molar refractivity (Wildman–Crippen MR) is 141 cm³/mol. The molecule has 3 aromatic rings. The van der Waals surface area contributed by atoms with Gasteiger partial charge in [-0.2, -0.15) is 0 Å². The molecular weight excluding hydrogens is 480 g/mol. The topological polar surface area (TPSA) is 69.9 Å². The Balaban J connectivity index is 1.87. The molecule has 0 spiro atoms. The fourth-order valence-electron chi connectivity index (χ4n) is 3.94. The van der Waals surface area contributed by atoms with Crippen LogP contribution in [0.3, 0.4) is 0 Å². The van der Waals surface area contributed by atoms with Crippen LogP contribution in [-0.4, -0.2) is 29.5 Å². The third-order valence-electron chi connectivity index (χ3n) is 5.50. The molecule has 8 heteroatoms. The molecule has 0 bridgehead atoms. The summed E-state index contributed by atoms with van der Waals surface area (Å²) in [6.45, 7) is 7.94. The van der Waals surface area contributed by atoms with E-state index in [1.54, 1.807) is 23.3 Å². The van der Waals surface area contributed by atoms with Crippen LogP contribution in [0, 0.1) is 0 Å². The Hall–Kier alpha value is -3.10. The first kappa shape index (κ1) is 25.0. The van der Waals surface area contributed by atoms with E-state index in [1.165, 1.54) is 11.3 Å². The van der Waals surface area contributed by atoms with Crippen LogP contribution in [0.25, 0.3) is 6.08 Å². The van der Waals surface area contributed by atoms with Crippen molar-refractivity contribution in [2.45, 2.75) is 44.7 Å². The first-order valence-corrected chi connectivity index (χ1v) is 13.5. The van der Waals surface area contributed by atoms with Gasteiger partial charge in [-0.25, -0.2) is 9.79 Å². The lowest BCUT2D eigenvalue weighted by Gasteiger charge is -2.25. The number of thioether (sulfide) groups is 1. The van der Waals surface area contributed by atoms with Gasteiger partial charge in [0.05, 0.1) is 34.6 Å². The van der Waals surface area contributed by atoms with Crippen LogP contribution in [0.15, 0.2) is 74.5 Å². The number of hydrogen-bond donors (Lipinski definition) is 0. The van der Waals surface area contributed by atoms with Crippen LogP contribution < -0.4 is 19.6 Å². The van der Waals surface area contributed by atoms with Crippen molar-refractivity contribution in [3.8, 4) is 5.75 Å². The summed E-state index contributed by atoms with van der Waals surface area (Å²) in [5.41, 5.74) is 2.47. The van der Waals surface area contributed by atoms with Gasteiger partial charge in [-0.15, -0.1) is 11.8 Å². The first-order chi connectivity index (χ1) is 16.8. The van der Waals surface area contributed by atoms with Crippen LogP contribution in [0.5, 0.6) is 5.75 Å². The van der Waals surface area contributed by atoms with Gasteiger partial charge in [0, 0.05) is 4.90 Å². The molecule has 2 heterocycles. The number of fused-ring (bicyclic) bond motifs is 1. The number of ether oxygens (including phenoxy) is 2.